The van der Waals surface area contributed by atoms with Crippen LogP contribution < -0.4 is 5.32 Å². The van der Waals surface area contributed by atoms with E-state index in [2.05, 4.69) is 21.3 Å². The van der Waals surface area contributed by atoms with Crippen molar-refractivity contribution in [3.8, 4) is 6.07 Å². The third-order valence-electron chi connectivity index (χ3n) is 3.09. The van der Waals surface area contributed by atoms with Crippen molar-refractivity contribution in [1.82, 2.24) is 9.88 Å². The number of nitrogens with zero attached hydrogens (tertiary/aromatic N) is 3. The Morgan fingerprint density at radius 2 is 2.32 bits per heavy atom. The van der Waals surface area contributed by atoms with Crippen LogP contribution in [0, 0.1) is 18.3 Å². The number of thiazole rings is 1. The van der Waals surface area contributed by atoms with Gasteiger partial charge in [0.05, 0.1) is 22.3 Å². The van der Waals surface area contributed by atoms with Crippen LogP contribution in [0.3, 0.4) is 0 Å². The van der Waals surface area contributed by atoms with Crippen molar-refractivity contribution >= 4 is 22.9 Å². The molecular weight excluding hydrogens is 296 g/mol. The zero-order valence-corrected chi connectivity index (χ0v) is 13.5. The lowest BCUT2D eigenvalue weighted by atomic mass is 10.2. The standard InChI is InChI=1S/C16H18N4OS/c1-12-18-15(11-22-12)10-20(2)7-6-16(21)19-14-5-3-4-13(8-14)9-17/h3-5,8,11H,6-7,10H2,1-2H3,(H,19,21). The normalized spacial score (nSPS) is 10.5. The molecule has 0 saturated carbocycles. The number of benzene rings is 1. The summed E-state index contributed by atoms with van der Waals surface area (Å²) in [6.45, 7) is 3.37. The fraction of sp³-hybridized carbons (Fsp3) is 0.312. The van der Waals surface area contributed by atoms with Crippen LogP contribution in [0.1, 0.15) is 22.7 Å². The quantitative estimate of drug-likeness (QED) is 0.890. The summed E-state index contributed by atoms with van der Waals surface area (Å²) in [6, 6.07) is 8.96. The molecule has 0 radical (unpaired) electrons. The first-order valence-electron chi connectivity index (χ1n) is 6.96. The Morgan fingerprint density at radius 3 is 3.00 bits per heavy atom. The first-order chi connectivity index (χ1) is 10.6. The molecule has 0 saturated heterocycles. The van der Waals surface area contributed by atoms with Gasteiger partial charge in [0.15, 0.2) is 0 Å². The first kappa shape index (κ1) is 16.1. The van der Waals surface area contributed by atoms with Crippen molar-refractivity contribution in [3.05, 3.63) is 45.9 Å². The zero-order chi connectivity index (χ0) is 15.9. The molecule has 2 aromatic rings. The summed E-state index contributed by atoms with van der Waals surface area (Å²) in [5.41, 5.74) is 2.22. The summed E-state index contributed by atoms with van der Waals surface area (Å²) in [5, 5.41) is 14.7. The Hall–Kier alpha value is -2.23. The number of anilines is 1. The van der Waals surface area contributed by atoms with Gasteiger partial charge in [0.1, 0.15) is 0 Å². The molecule has 5 nitrogen and oxygen atoms in total. The molecule has 1 aromatic heterocycles. The van der Waals surface area contributed by atoms with Crippen LogP contribution >= 0.6 is 11.3 Å². The molecule has 0 bridgehead atoms. The Labute approximate surface area is 134 Å². The van der Waals surface area contributed by atoms with Crippen LogP contribution in [0.4, 0.5) is 5.69 Å². The molecule has 6 heteroatoms. The molecule has 1 N–H and O–H groups in total. The highest BCUT2D eigenvalue weighted by Gasteiger charge is 2.07. The average Bonchev–Trinajstić information content (AvgIpc) is 2.90. The molecule has 1 amide bonds. The van der Waals surface area contributed by atoms with Crippen molar-refractivity contribution in [2.24, 2.45) is 0 Å². The number of nitriles is 1. The summed E-state index contributed by atoms with van der Waals surface area (Å²) in [4.78, 5) is 18.4. The van der Waals surface area contributed by atoms with Gasteiger partial charge in [-0.05, 0) is 32.2 Å². The molecule has 0 aliphatic rings. The maximum atomic E-state index is 11.9. The van der Waals surface area contributed by atoms with E-state index < -0.39 is 0 Å². The fourth-order valence-electron chi connectivity index (χ4n) is 2.02. The number of carbonyl (C=O) groups excluding carboxylic acids is 1. The molecule has 0 unspecified atom stereocenters. The van der Waals surface area contributed by atoms with Gasteiger partial charge >= 0.3 is 0 Å². The molecule has 0 aliphatic carbocycles. The van der Waals surface area contributed by atoms with E-state index in [9.17, 15) is 4.79 Å². The van der Waals surface area contributed by atoms with Crippen LogP contribution in [-0.2, 0) is 11.3 Å². The lowest BCUT2D eigenvalue weighted by Gasteiger charge is -2.15. The van der Waals surface area contributed by atoms with Crippen LogP contribution in [0.25, 0.3) is 0 Å². The van der Waals surface area contributed by atoms with Gasteiger partial charge in [-0.3, -0.25) is 4.79 Å². The molecule has 0 atom stereocenters. The lowest BCUT2D eigenvalue weighted by Crippen LogP contribution is -2.24. The Morgan fingerprint density at radius 1 is 1.50 bits per heavy atom. The number of aryl methyl sites for hydroxylation is 1. The van der Waals surface area contributed by atoms with Gasteiger partial charge in [0, 0.05) is 30.6 Å². The van der Waals surface area contributed by atoms with Crippen LogP contribution in [0.2, 0.25) is 0 Å². The smallest absolute Gasteiger partial charge is 0.225 e. The van der Waals surface area contributed by atoms with Gasteiger partial charge in [0.2, 0.25) is 5.91 Å². The molecule has 114 valence electrons. The van der Waals surface area contributed by atoms with Gasteiger partial charge < -0.3 is 10.2 Å². The van der Waals surface area contributed by atoms with Gasteiger partial charge in [-0.15, -0.1) is 11.3 Å². The minimum absolute atomic E-state index is 0.0589. The van der Waals surface area contributed by atoms with Crippen molar-refractivity contribution < 1.29 is 4.79 Å². The van der Waals surface area contributed by atoms with Gasteiger partial charge in [0.25, 0.3) is 0 Å². The van der Waals surface area contributed by atoms with Crippen LogP contribution in [-0.4, -0.2) is 29.4 Å². The summed E-state index contributed by atoms with van der Waals surface area (Å²) in [7, 11) is 1.97. The van der Waals surface area contributed by atoms with E-state index in [-0.39, 0.29) is 5.91 Å². The van der Waals surface area contributed by atoms with Crippen LogP contribution in [0.15, 0.2) is 29.6 Å². The molecular formula is C16H18N4OS. The highest BCUT2D eigenvalue weighted by Crippen LogP contribution is 2.11. The highest BCUT2D eigenvalue weighted by molar-refractivity contribution is 7.09. The second kappa shape index (κ2) is 7.69. The number of carbonyl (C=O) groups is 1. The molecule has 0 spiro atoms. The fourth-order valence-corrected chi connectivity index (χ4v) is 2.62. The zero-order valence-electron chi connectivity index (χ0n) is 12.7. The van der Waals surface area contributed by atoms with Crippen molar-refractivity contribution in [3.63, 3.8) is 0 Å². The summed E-state index contributed by atoms with van der Waals surface area (Å²) >= 11 is 1.63. The third-order valence-corrected chi connectivity index (χ3v) is 3.92. The molecule has 1 heterocycles. The van der Waals surface area contributed by atoms with Crippen LogP contribution in [0.5, 0.6) is 0 Å². The lowest BCUT2D eigenvalue weighted by molar-refractivity contribution is -0.116. The van der Waals surface area contributed by atoms with E-state index in [4.69, 9.17) is 5.26 Å². The van der Waals surface area contributed by atoms with Crippen molar-refractivity contribution in [2.75, 3.05) is 18.9 Å². The monoisotopic (exact) mass is 314 g/mol. The Bertz CT molecular complexity index is 689. The topological polar surface area (TPSA) is 69.0 Å². The van der Waals surface area contributed by atoms with E-state index in [0.717, 1.165) is 17.2 Å². The van der Waals surface area contributed by atoms with Crippen molar-refractivity contribution in [1.29, 1.82) is 5.26 Å². The van der Waals surface area contributed by atoms with Gasteiger partial charge in [-0.25, -0.2) is 4.98 Å². The summed E-state index contributed by atoms with van der Waals surface area (Å²) < 4.78 is 0. The largest absolute Gasteiger partial charge is 0.326 e. The minimum atomic E-state index is -0.0589. The number of hydrogen-bond acceptors (Lipinski definition) is 5. The molecule has 0 fully saturated rings. The molecule has 1 aromatic carbocycles. The maximum absolute atomic E-state index is 11.9. The molecule has 0 aliphatic heterocycles. The average molecular weight is 314 g/mol. The number of aromatic nitrogens is 1. The maximum Gasteiger partial charge on any atom is 0.225 e. The van der Waals surface area contributed by atoms with E-state index in [1.807, 2.05) is 19.4 Å². The van der Waals surface area contributed by atoms with E-state index >= 15 is 0 Å². The summed E-state index contributed by atoms with van der Waals surface area (Å²) in [5.74, 6) is -0.0589. The second-order valence-corrected chi connectivity index (χ2v) is 6.15. The number of rotatable bonds is 6. The van der Waals surface area contributed by atoms with E-state index in [1.54, 1.807) is 35.6 Å². The first-order valence-corrected chi connectivity index (χ1v) is 7.84. The highest BCUT2D eigenvalue weighted by atomic mass is 32.1. The van der Waals surface area contributed by atoms with Gasteiger partial charge in [-0.1, -0.05) is 6.07 Å². The van der Waals surface area contributed by atoms with Crippen molar-refractivity contribution in [2.45, 2.75) is 19.9 Å². The molecule has 22 heavy (non-hydrogen) atoms. The predicted molar refractivity (Wildman–Crippen MR) is 87.6 cm³/mol. The second-order valence-electron chi connectivity index (χ2n) is 5.09. The number of amides is 1. The number of nitrogens with one attached hydrogen (secondary N) is 1. The predicted octanol–water partition coefficient (Wildman–Crippen LogP) is 2.78. The van der Waals surface area contributed by atoms with E-state index in [0.29, 0.717) is 24.2 Å². The Balaban J connectivity index is 1.78. The SMILES string of the molecule is Cc1nc(CN(C)CCC(=O)Nc2cccc(C#N)c2)cs1. The van der Waals surface area contributed by atoms with Gasteiger partial charge in [-0.2, -0.15) is 5.26 Å². The molecule has 2 rings (SSSR count). The Kier molecular flexibility index (Phi) is 5.64. The third kappa shape index (κ3) is 4.95. The number of hydrogen-bond donors (Lipinski definition) is 1. The summed E-state index contributed by atoms with van der Waals surface area (Å²) in [6.07, 6.45) is 0.399. The van der Waals surface area contributed by atoms with E-state index in [1.165, 1.54) is 0 Å². The minimum Gasteiger partial charge on any atom is -0.326 e.